The Kier molecular flexibility index (Phi) is 8.39. The first-order valence-electron chi connectivity index (χ1n) is 9.91. The molecule has 2 aromatic carbocycles. The zero-order chi connectivity index (χ0) is 23.8. The van der Waals surface area contributed by atoms with Crippen LogP contribution in [-0.2, 0) is 20.9 Å². The zero-order valence-corrected chi connectivity index (χ0v) is 19.6. The Bertz CT molecular complexity index is 1130. The third kappa shape index (κ3) is 7.30. The summed E-state index contributed by atoms with van der Waals surface area (Å²) >= 11 is 7.26. The number of aryl methyl sites for hydroxylation is 1. The molecule has 0 bridgehead atoms. The average molecular weight is 488 g/mol. The maximum Gasteiger partial charge on any atom is 0.358 e. The number of benzene rings is 2. The highest BCUT2D eigenvalue weighted by Gasteiger charge is 2.18. The van der Waals surface area contributed by atoms with Gasteiger partial charge in [0.05, 0.1) is 17.3 Å². The highest BCUT2D eigenvalue weighted by atomic mass is 35.5. The monoisotopic (exact) mass is 487 g/mol. The summed E-state index contributed by atoms with van der Waals surface area (Å²) in [5.74, 6) is -0.985. The van der Waals surface area contributed by atoms with Gasteiger partial charge in [-0.05, 0) is 31.2 Å². The molecule has 1 heterocycles. The number of hydrogen-bond acceptors (Lipinski definition) is 7. The molecule has 0 radical (unpaired) electrons. The fraction of sp³-hybridized carbons (Fsp3) is 0.217. The fourth-order valence-electron chi connectivity index (χ4n) is 2.62. The lowest BCUT2D eigenvalue weighted by Crippen LogP contribution is -2.37. The standard InChI is InChI=1S/C23H22ClN3O5S/c1-15-7-9-16(10-8-15)31-12-21-26-19(14-33-21)23(30)32-13-22(29)27(2)11-20(28)25-18-6-4-3-5-17(18)24/h3-10,14H,11-13H2,1-2H3,(H,25,28). The van der Waals surface area contributed by atoms with Gasteiger partial charge < -0.3 is 19.7 Å². The predicted octanol–water partition coefficient (Wildman–Crippen LogP) is 3.94. The van der Waals surface area contributed by atoms with Gasteiger partial charge >= 0.3 is 5.97 Å². The fourth-order valence-corrected chi connectivity index (χ4v) is 3.48. The minimum Gasteiger partial charge on any atom is -0.486 e. The summed E-state index contributed by atoms with van der Waals surface area (Å²) in [6, 6.07) is 14.4. The Balaban J connectivity index is 1.43. The van der Waals surface area contributed by atoms with Gasteiger partial charge in [0.15, 0.2) is 12.3 Å². The summed E-state index contributed by atoms with van der Waals surface area (Å²) < 4.78 is 10.7. The largest absolute Gasteiger partial charge is 0.486 e. The van der Waals surface area contributed by atoms with Crippen LogP contribution in [0.5, 0.6) is 5.75 Å². The maximum atomic E-state index is 12.2. The Labute approximate surface area is 200 Å². The number of anilines is 1. The second-order valence-corrected chi connectivity index (χ2v) is 8.43. The number of rotatable bonds is 9. The van der Waals surface area contributed by atoms with Crippen molar-refractivity contribution in [2.45, 2.75) is 13.5 Å². The number of likely N-dealkylation sites (N-methyl/N-ethyl adjacent to an activating group) is 1. The average Bonchev–Trinajstić information content (AvgIpc) is 3.27. The molecule has 0 saturated carbocycles. The highest BCUT2D eigenvalue weighted by Crippen LogP contribution is 2.20. The molecule has 3 rings (SSSR count). The Morgan fingerprint density at radius 3 is 2.58 bits per heavy atom. The smallest absolute Gasteiger partial charge is 0.358 e. The number of carbonyl (C=O) groups excluding carboxylic acids is 3. The van der Waals surface area contributed by atoms with Gasteiger partial charge in [0, 0.05) is 12.4 Å². The number of para-hydroxylation sites is 1. The van der Waals surface area contributed by atoms with Crippen LogP contribution in [0, 0.1) is 6.92 Å². The van der Waals surface area contributed by atoms with E-state index in [0.717, 1.165) is 10.5 Å². The number of amides is 2. The second-order valence-electron chi connectivity index (χ2n) is 7.08. The molecule has 0 aliphatic carbocycles. The lowest BCUT2D eigenvalue weighted by Gasteiger charge is -2.17. The number of carbonyl (C=O) groups is 3. The molecule has 0 saturated heterocycles. The van der Waals surface area contributed by atoms with E-state index in [4.69, 9.17) is 21.1 Å². The molecule has 10 heteroatoms. The Morgan fingerprint density at radius 1 is 1.12 bits per heavy atom. The predicted molar refractivity (Wildman–Crippen MR) is 126 cm³/mol. The number of hydrogen-bond donors (Lipinski definition) is 1. The number of thiazole rings is 1. The molecule has 1 aromatic heterocycles. The molecular weight excluding hydrogens is 466 g/mol. The molecule has 0 unspecified atom stereocenters. The molecule has 3 aromatic rings. The third-order valence-corrected chi connectivity index (χ3v) is 5.58. The van der Waals surface area contributed by atoms with Crippen LogP contribution in [0.3, 0.4) is 0 Å². The van der Waals surface area contributed by atoms with Gasteiger partial charge in [-0.2, -0.15) is 0 Å². The van der Waals surface area contributed by atoms with Gasteiger partial charge in [0.2, 0.25) is 5.91 Å². The van der Waals surface area contributed by atoms with E-state index in [1.54, 1.807) is 29.6 Å². The van der Waals surface area contributed by atoms with Crippen molar-refractivity contribution in [1.29, 1.82) is 0 Å². The van der Waals surface area contributed by atoms with Crippen LogP contribution in [-0.4, -0.2) is 47.9 Å². The van der Waals surface area contributed by atoms with Crippen LogP contribution in [0.4, 0.5) is 5.69 Å². The van der Waals surface area contributed by atoms with Crippen LogP contribution in [0.2, 0.25) is 5.02 Å². The molecular formula is C23H22ClN3O5S. The van der Waals surface area contributed by atoms with Crippen molar-refractivity contribution in [3.8, 4) is 5.75 Å². The highest BCUT2D eigenvalue weighted by molar-refractivity contribution is 7.09. The van der Waals surface area contributed by atoms with Gasteiger partial charge in [0.1, 0.15) is 17.4 Å². The first-order chi connectivity index (χ1) is 15.8. The van der Waals surface area contributed by atoms with E-state index in [2.05, 4.69) is 10.3 Å². The summed E-state index contributed by atoms with van der Waals surface area (Å²) in [7, 11) is 1.44. The Hall–Kier alpha value is -3.43. The van der Waals surface area contributed by atoms with E-state index in [9.17, 15) is 14.4 Å². The summed E-state index contributed by atoms with van der Waals surface area (Å²) in [5, 5.41) is 5.15. The Morgan fingerprint density at radius 2 is 1.85 bits per heavy atom. The van der Waals surface area contributed by atoms with Crippen molar-refractivity contribution in [2.75, 3.05) is 25.5 Å². The molecule has 33 heavy (non-hydrogen) atoms. The zero-order valence-electron chi connectivity index (χ0n) is 18.0. The quantitative estimate of drug-likeness (QED) is 0.459. The molecule has 172 valence electrons. The van der Waals surface area contributed by atoms with Crippen LogP contribution in [0.15, 0.2) is 53.9 Å². The number of halogens is 1. The van der Waals surface area contributed by atoms with Gasteiger partial charge in [0.25, 0.3) is 5.91 Å². The van der Waals surface area contributed by atoms with Gasteiger partial charge in [-0.25, -0.2) is 9.78 Å². The number of ether oxygens (including phenoxy) is 2. The van der Waals surface area contributed by atoms with E-state index in [1.807, 2.05) is 31.2 Å². The topological polar surface area (TPSA) is 97.8 Å². The van der Waals surface area contributed by atoms with Crippen LogP contribution < -0.4 is 10.1 Å². The van der Waals surface area contributed by atoms with Crippen molar-refractivity contribution >= 4 is 46.4 Å². The van der Waals surface area contributed by atoms with Crippen LogP contribution in [0.1, 0.15) is 21.1 Å². The molecule has 0 aliphatic heterocycles. The van der Waals surface area contributed by atoms with E-state index in [1.165, 1.54) is 18.4 Å². The van der Waals surface area contributed by atoms with Crippen molar-refractivity contribution < 1.29 is 23.9 Å². The van der Waals surface area contributed by atoms with Crippen LogP contribution >= 0.6 is 22.9 Å². The van der Waals surface area contributed by atoms with E-state index in [-0.39, 0.29) is 18.8 Å². The molecule has 0 atom stereocenters. The number of nitrogens with one attached hydrogen (secondary N) is 1. The van der Waals surface area contributed by atoms with Crippen molar-refractivity contribution in [3.63, 3.8) is 0 Å². The molecule has 0 fully saturated rings. The molecule has 8 nitrogen and oxygen atoms in total. The minimum atomic E-state index is -0.727. The molecule has 1 N–H and O–H groups in total. The summed E-state index contributed by atoms with van der Waals surface area (Å²) in [4.78, 5) is 41.9. The molecule has 0 aliphatic rings. The summed E-state index contributed by atoms with van der Waals surface area (Å²) in [6.45, 7) is 1.46. The first-order valence-corrected chi connectivity index (χ1v) is 11.2. The van der Waals surface area contributed by atoms with Gasteiger partial charge in [-0.1, -0.05) is 41.4 Å². The molecule has 2 amide bonds. The summed E-state index contributed by atoms with van der Waals surface area (Å²) in [5.41, 5.74) is 1.67. The van der Waals surface area contributed by atoms with Crippen molar-refractivity contribution in [2.24, 2.45) is 0 Å². The van der Waals surface area contributed by atoms with E-state index >= 15 is 0 Å². The maximum absolute atomic E-state index is 12.2. The number of nitrogens with zero attached hydrogens (tertiary/aromatic N) is 2. The minimum absolute atomic E-state index is 0.0921. The summed E-state index contributed by atoms with van der Waals surface area (Å²) in [6.07, 6.45) is 0. The van der Waals surface area contributed by atoms with Crippen LogP contribution in [0.25, 0.3) is 0 Å². The van der Waals surface area contributed by atoms with E-state index in [0.29, 0.717) is 21.5 Å². The SMILES string of the molecule is Cc1ccc(OCc2nc(C(=O)OCC(=O)N(C)CC(=O)Nc3ccccc3Cl)cs2)cc1. The van der Waals surface area contributed by atoms with Gasteiger partial charge in [-0.3, -0.25) is 9.59 Å². The van der Waals surface area contributed by atoms with E-state index < -0.39 is 24.4 Å². The van der Waals surface area contributed by atoms with Gasteiger partial charge in [-0.15, -0.1) is 11.3 Å². The number of esters is 1. The first kappa shape index (κ1) is 24.2. The lowest BCUT2D eigenvalue weighted by atomic mass is 10.2. The third-order valence-electron chi connectivity index (χ3n) is 4.43. The van der Waals surface area contributed by atoms with Crippen molar-refractivity contribution in [3.05, 3.63) is 75.2 Å². The van der Waals surface area contributed by atoms with Crippen molar-refractivity contribution in [1.82, 2.24) is 9.88 Å². The normalized spacial score (nSPS) is 10.4. The second kappa shape index (κ2) is 11.4. The number of aromatic nitrogens is 1. The lowest BCUT2D eigenvalue weighted by molar-refractivity contribution is -0.136. The molecule has 0 spiro atoms.